The monoisotopic (exact) mass is 339 g/mol. The Bertz CT molecular complexity index is 621. The van der Waals surface area contributed by atoms with Gasteiger partial charge in [-0.1, -0.05) is 18.2 Å². The summed E-state index contributed by atoms with van der Waals surface area (Å²) in [5.74, 6) is 3.54. The molecule has 0 aromatic carbocycles. The molecule has 0 N–H and O–H groups in total. The molecular weight excluding hydrogens is 310 g/mol. The Hall–Kier alpha value is -1.84. The third-order valence-electron chi connectivity index (χ3n) is 6.36. The molecule has 0 unspecified atom stereocenters. The molecule has 25 heavy (non-hydrogen) atoms. The number of nitrogens with zero attached hydrogens (tertiary/aromatic N) is 3. The van der Waals surface area contributed by atoms with E-state index in [0.717, 1.165) is 51.3 Å². The number of piperidine rings is 1. The van der Waals surface area contributed by atoms with Gasteiger partial charge in [-0.15, -0.1) is 0 Å². The third-order valence-corrected chi connectivity index (χ3v) is 6.36. The zero-order valence-corrected chi connectivity index (χ0v) is 15.2. The van der Waals surface area contributed by atoms with E-state index in [9.17, 15) is 4.79 Å². The molecule has 2 aliphatic carbocycles. The second-order valence-electron chi connectivity index (χ2n) is 7.88. The van der Waals surface area contributed by atoms with Crippen LogP contribution in [0.25, 0.3) is 0 Å². The van der Waals surface area contributed by atoms with Crippen molar-refractivity contribution in [1.82, 2.24) is 9.88 Å². The summed E-state index contributed by atoms with van der Waals surface area (Å²) in [4.78, 5) is 22.0. The zero-order chi connectivity index (χ0) is 17.2. The molecule has 2 bridgehead atoms. The Labute approximate surface area is 150 Å². The topological polar surface area (TPSA) is 36.4 Å². The van der Waals surface area contributed by atoms with Gasteiger partial charge in [-0.3, -0.25) is 4.79 Å². The van der Waals surface area contributed by atoms with E-state index in [1.807, 2.05) is 12.3 Å². The third kappa shape index (κ3) is 3.44. The van der Waals surface area contributed by atoms with Crippen molar-refractivity contribution in [1.29, 1.82) is 0 Å². The van der Waals surface area contributed by atoms with Gasteiger partial charge in [0.1, 0.15) is 5.82 Å². The van der Waals surface area contributed by atoms with Gasteiger partial charge in [0, 0.05) is 38.3 Å². The molecule has 4 heteroatoms. The molecule has 2 fully saturated rings. The quantitative estimate of drug-likeness (QED) is 0.772. The second-order valence-corrected chi connectivity index (χ2v) is 7.88. The highest BCUT2D eigenvalue weighted by Gasteiger charge is 2.41. The highest BCUT2D eigenvalue weighted by molar-refractivity contribution is 5.80. The molecule has 134 valence electrons. The Kier molecular flexibility index (Phi) is 4.78. The molecule has 4 nitrogen and oxygen atoms in total. The van der Waals surface area contributed by atoms with Crippen molar-refractivity contribution in [3.05, 3.63) is 36.5 Å². The van der Waals surface area contributed by atoms with Crippen molar-refractivity contribution in [2.75, 3.05) is 31.1 Å². The van der Waals surface area contributed by atoms with Gasteiger partial charge in [0.05, 0.1) is 0 Å². The lowest BCUT2D eigenvalue weighted by molar-refractivity contribution is -0.136. The van der Waals surface area contributed by atoms with E-state index in [4.69, 9.17) is 0 Å². The van der Waals surface area contributed by atoms with Gasteiger partial charge in [-0.2, -0.15) is 0 Å². The Morgan fingerprint density at radius 3 is 2.68 bits per heavy atom. The number of hydrogen-bond acceptors (Lipinski definition) is 3. The number of amides is 1. The molecule has 1 aromatic rings. The van der Waals surface area contributed by atoms with Crippen molar-refractivity contribution < 1.29 is 4.79 Å². The molecule has 1 saturated carbocycles. The van der Waals surface area contributed by atoms with Crippen molar-refractivity contribution in [3.63, 3.8) is 0 Å². The molecule has 4 rings (SSSR count). The summed E-state index contributed by atoms with van der Waals surface area (Å²) in [6.07, 6.45) is 11.1. The van der Waals surface area contributed by atoms with E-state index < -0.39 is 0 Å². The van der Waals surface area contributed by atoms with Crippen molar-refractivity contribution >= 4 is 11.7 Å². The number of carbonyl (C=O) groups is 1. The summed E-state index contributed by atoms with van der Waals surface area (Å²) in [6, 6.07) is 6.10. The minimum absolute atomic E-state index is 0.253. The fourth-order valence-corrected chi connectivity index (χ4v) is 4.87. The van der Waals surface area contributed by atoms with Crippen molar-refractivity contribution in [2.45, 2.75) is 32.6 Å². The number of pyridine rings is 1. The van der Waals surface area contributed by atoms with Crippen molar-refractivity contribution in [3.8, 4) is 0 Å². The number of aromatic nitrogens is 1. The van der Waals surface area contributed by atoms with Crippen LogP contribution in [0, 0.1) is 23.7 Å². The first-order valence-electron chi connectivity index (χ1n) is 9.87. The van der Waals surface area contributed by atoms with E-state index >= 15 is 0 Å². The van der Waals surface area contributed by atoms with E-state index in [1.165, 1.54) is 6.42 Å². The smallest absolute Gasteiger partial charge is 0.226 e. The van der Waals surface area contributed by atoms with E-state index in [-0.39, 0.29) is 5.92 Å². The average molecular weight is 339 g/mol. The second kappa shape index (κ2) is 7.19. The number of allylic oxidation sites excluding steroid dienone is 2. The van der Waals surface area contributed by atoms with Gasteiger partial charge < -0.3 is 9.80 Å². The average Bonchev–Trinajstić information content (AvgIpc) is 3.30. The molecule has 2 heterocycles. The van der Waals surface area contributed by atoms with Crippen LogP contribution in [0.5, 0.6) is 0 Å². The molecule has 1 aliphatic heterocycles. The summed E-state index contributed by atoms with van der Waals surface area (Å²) in [6.45, 7) is 6.00. The minimum Gasteiger partial charge on any atom is -0.357 e. The first-order valence-corrected chi connectivity index (χ1v) is 9.87. The lowest BCUT2D eigenvalue weighted by atomic mass is 9.91. The lowest BCUT2D eigenvalue weighted by Gasteiger charge is -2.36. The molecule has 1 aromatic heterocycles. The van der Waals surface area contributed by atoms with Gasteiger partial charge in [0.25, 0.3) is 0 Å². The van der Waals surface area contributed by atoms with Crippen LogP contribution in [-0.2, 0) is 4.79 Å². The van der Waals surface area contributed by atoms with Crippen LogP contribution in [0.1, 0.15) is 32.6 Å². The van der Waals surface area contributed by atoms with Crippen LogP contribution in [0.15, 0.2) is 36.5 Å². The maximum absolute atomic E-state index is 13.0. The Morgan fingerprint density at radius 1 is 1.24 bits per heavy atom. The molecular formula is C21H29N3O. The predicted molar refractivity (Wildman–Crippen MR) is 100 cm³/mol. The zero-order valence-electron chi connectivity index (χ0n) is 15.2. The summed E-state index contributed by atoms with van der Waals surface area (Å²) >= 11 is 0. The molecule has 1 saturated heterocycles. The Balaban J connectivity index is 1.31. The van der Waals surface area contributed by atoms with E-state index in [0.29, 0.717) is 23.7 Å². The first kappa shape index (κ1) is 16.6. The number of rotatable bonds is 5. The van der Waals surface area contributed by atoms with Crippen LogP contribution < -0.4 is 4.90 Å². The maximum Gasteiger partial charge on any atom is 0.226 e. The van der Waals surface area contributed by atoms with Gasteiger partial charge >= 0.3 is 0 Å². The fraction of sp³-hybridized carbons (Fsp3) is 0.619. The molecule has 3 atom stereocenters. The normalized spacial score (nSPS) is 28.5. The van der Waals surface area contributed by atoms with Crippen LogP contribution >= 0.6 is 0 Å². The predicted octanol–water partition coefficient (Wildman–Crippen LogP) is 3.36. The minimum atomic E-state index is 0.253. The molecule has 1 amide bonds. The SMILES string of the molecule is CCN(CC1CCN(c2ccccn2)CC1)C(=O)[C@@H]1C[C@H]2C=C[C@H]1C2. The fourth-order valence-electron chi connectivity index (χ4n) is 4.87. The molecule has 0 spiro atoms. The Morgan fingerprint density at radius 2 is 2.08 bits per heavy atom. The number of anilines is 1. The first-order chi connectivity index (χ1) is 12.2. The van der Waals surface area contributed by atoms with E-state index in [2.05, 4.69) is 46.0 Å². The van der Waals surface area contributed by atoms with E-state index in [1.54, 1.807) is 0 Å². The van der Waals surface area contributed by atoms with Gasteiger partial charge in [-0.25, -0.2) is 4.98 Å². The summed E-state index contributed by atoms with van der Waals surface area (Å²) in [7, 11) is 0. The van der Waals surface area contributed by atoms with Crippen LogP contribution in [0.2, 0.25) is 0 Å². The number of hydrogen-bond donors (Lipinski definition) is 0. The standard InChI is InChI=1S/C21H29N3O/c1-2-23(21(25)19-14-17-6-7-18(19)13-17)15-16-8-11-24(12-9-16)20-5-3-4-10-22-20/h3-7,10,16-19H,2,8-9,11-15H2,1H3/t17-,18-,19+/m0/s1. The largest absolute Gasteiger partial charge is 0.357 e. The lowest BCUT2D eigenvalue weighted by Crippen LogP contribution is -2.43. The van der Waals surface area contributed by atoms with Crippen LogP contribution in [0.3, 0.4) is 0 Å². The van der Waals surface area contributed by atoms with Crippen LogP contribution in [0.4, 0.5) is 5.82 Å². The highest BCUT2D eigenvalue weighted by atomic mass is 16.2. The van der Waals surface area contributed by atoms with Gasteiger partial charge in [0.2, 0.25) is 5.91 Å². The van der Waals surface area contributed by atoms with Gasteiger partial charge in [-0.05, 0) is 62.5 Å². The molecule has 3 aliphatic rings. The summed E-state index contributed by atoms with van der Waals surface area (Å²) < 4.78 is 0. The highest BCUT2D eigenvalue weighted by Crippen LogP contribution is 2.44. The maximum atomic E-state index is 13.0. The van der Waals surface area contributed by atoms with Crippen molar-refractivity contribution in [2.24, 2.45) is 23.7 Å². The van der Waals surface area contributed by atoms with Crippen LogP contribution in [-0.4, -0.2) is 42.0 Å². The van der Waals surface area contributed by atoms with Gasteiger partial charge in [0.15, 0.2) is 0 Å². The summed E-state index contributed by atoms with van der Waals surface area (Å²) in [5, 5.41) is 0. The number of fused-ring (bicyclic) bond motifs is 2. The summed E-state index contributed by atoms with van der Waals surface area (Å²) in [5.41, 5.74) is 0. The molecule has 0 radical (unpaired) electrons. The number of carbonyl (C=O) groups excluding carboxylic acids is 1.